The van der Waals surface area contributed by atoms with Crippen molar-refractivity contribution in [3.8, 4) is 11.1 Å². The normalized spacial score (nSPS) is 16.5. The first-order chi connectivity index (χ1) is 12.9. The van der Waals surface area contributed by atoms with Crippen molar-refractivity contribution in [2.24, 2.45) is 5.73 Å². The Morgan fingerprint density at radius 3 is 2.81 bits per heavy atom. The number of aryl methyl sites for hydroxylation is 1. The molecular formula is C19H26N6O2. The quantitative estimate of drug-likeness (QED) is 0.690. The van der Waals surface area contributed by atoms with Crippen molar-refractivity contribution in [3.05, 3.63) is 41.2 Å². The first-order valence-electron chi connectivity index (χ1n) is 9.03. The van der Waals surface area contributed by atoms with Crippen molar-refractivity contribution in [1.29, 1.82) is 0 Å². The minimum atomic E-state index is -0.437. The molecule has 27 heavy (non-hydrogen) atoms. The number of likely N-dealkylation sites (N-methyl/N-ethyl adjacent to an activating group) is 1. The smallest absolute Gasteiger partial charge is 0.253 e. The van der Waals surface area contributed by atoms with Crippen LogP contribution in [0.15, 0.2) is 24.3 Å². The molecule has 0 aliphatic carbocycles. The van der Waals surface area contributed by atoms with Gasteiger partial charge in [0.2, 0.25) is 5.91 Å². The van der Waals surface area contributed by atoms with Gasteiger partial charge in [0.05, 0.1) is 5.69 Å². The van der Waals surface area contributed by atoms with E-state index in [1.807, 2.05) is 45.2 Å². The summed E-state index contributed by atoms with van der Waals surface area (Å²) < 4.78 is 1.60. The van der Waals surface area contributed by atoms with Gasteiger partial charge in [0.15, 0.2) is 0 Å². The number of amides is 2. The highest BCUT2D eigenvalue weighted by Crippen LogP contribution is 2.28. The molecule has 8 heteroatoms. The van der Waals surface area contributed by atoms with E-state index in [0.29, 0.717) is 12.1 Å². The molecule has 2 heterocycles. The largest absolute Gasteiger partial charge is 0.368 e. The Morgan fingerprint density at radius 1 is 1.37 bits per heavy atom. The molecule has 0 saturated carbocycles. The SMILES string of the molecule is Cc1nn(CC(N)=O)c(C)c1-c1cccc(C(=O)N(C)CC2CCNN2)c1. The van der Waals surface area contributed by atoms with E-state index in [0.717, 1.165) is 35.5 Å². The number of benzene rings is 1. The molecule has 0 bridgehead atoms. The van der Waals surface area contributed by atoms with Crippen LogP contribution in [0.1, 0.15) is 28.2 Å². The van der Waals surface area contributed by atoms with Gasteiger partial charge >= 0.3 is 0 Å². The summed E-state index contributed by atoms with van der Waals surface area (Å²) in [5.41, 5.74) is 15.7. The molecular weight excluding hydrogens is 344 g/mol. The number of rotatable bonds is 6. The Labute approximate surface area is 158 Å². The molecule has 1 aliphatic rings. The molecule has 2 aromatic rings. The molecule has 1 atom stereocenters. The second kappa shape index (κ2) is 7.89. The second-order valence-electron chi connectivity index (χ2n) is 6.99. The Balaban J connectivity index is 1.84. The lowest BCUT2D eigenvalue weighted by Gasteiger charge is -2.21. The zero-order valence-electron chi connectivity index (χ0n) is 16.0. The van der Waals surface area contributed by atoms with E-state index in [1.54, 1.807) is 9.58 Å². The summed E-state index contributed by atoms with van der Waals surface area (Å²) in [6.45, 7) is 5.38. The lowest BCUT2D eigenvalue weighted by atomic mass is 10.0. The molecule has 0 spiro atoms. The van der Waals surface area contributed by atoms with Crippen molar-refractivity contribution >= 4 is 11.8 Å². The standard InChI is InChI=1S/C19H26N6O2/c1-12-18(13(2)25(23-12)11-17(20)26)14-5-4-6-15(9-14)19(27)24(3)10-16-7-8-21-22-16/h4-6,9,16,21-22H,7-8,10-11H2,1-3H3,(H2,20,26). The van der Waals surface area contributed by atoms with Crippen LogP contribution in [0, 0.1) is 13.8 Å². The fourth-order valence-electron chi connectivity index (χ4n) is 3.53. The third-order valence-electron chi connectivity index (χ3n) is 4.85. The number of hydrogen-bond acceptors (Lipinski definition) is 5. The highest BCUT2D eigenvalue weighted by Gasteiger charge is 2.21. The van der Waals surface area contributed by atoms with E-state index in [2.05, 4.69) is 16.0 Å². The number of carbonyl (C=O) groups is 2. The molecule has 3 rings (SSSR count). The van der Waals surface area contributed by atoms with Gasteiger partial charge in [-0.15, -0.1) is 0 Å². The molecule has 2 amide bonds. The third kappa shape index (κ3) is 4.17. The predicted molar refractivity (Wildman–Crippen MR) is 103 cm³/mol. The fourth-order valence-corrected chi connectivity index (χ4v) is 3.53. The molecule has 1 saturated heterocycles. The van der Waals surface area contributed by atoms with Crippen molar-refractivity contribution in [1.82, 2.24) is 25.5 Å². The summed E-state index contributed by atoms with van der Waals surface area (Å²) in [4.78, 5) is 25.8. The van der Waals surface area contributed by atoms with Crippen LogP contribution in [0.5, 0.6) is 0 Å². The van der Waals surface area contributed by atoms with Crippen LogP contribution in [0.3, 0.4) is 0 Å². The Hall–Kier alpha value is -2.71. The topological polar surface area (TPSA) is 105 Å². The molecule has 1 unspecified atom stereocenters. The average molecular weight is 370 g/mol. The van der Waals surface area contributed by atoms with Gasteiger partial charge in [-0.25, -0.2) is 0 Å². The maximum absolute atomic E-state index is 12.8. The second-order valence-corrected chi connectivity index (χ2v) is 6.99. The van der Waals surface area contributed by atoms with Crippen LogP contribution in [-0.2, 0) is 11.3 Å². The summed E-state index contributed by atoms with van der Waals surface area (Å²) in [5.74, 6) is -0.460. The summed E-state index contributed by atoms with van der Waals surface area (Å²) in [5, 5.41) is 4.41. The first-order valence-corrected chi connectivity index (χ1v) is 9.03. The zero-order chi connectivity index (χ0) is 19.6. The average Bonchev–Trinajstić information content (AvgIpc) is 3.22. The summed E-state index contributed by atoms with van der Waals surface area (Å²) in [6, 6.07) is 7.78. The van der Waals surface area contributed by atoms with E-state index in [4.69, 9.17) is 5.73 Å². The van der Waals surface area contributed by atoms with Gasteiger partial charge < -0.3 is 10.6 Å². The fraction of sp³-hybridized carbons (Fsp3) is 0.421. The summed E-state index contributed by atoms with van der Waals surface area (Å²) in [7, 11) is 1.82. The van der Waals surface area contributed by atoms with Gasteiger partial charge in [0.25, 0.3) is 5.91 Å². The monoisotopic (exact) mass is 370 g/mol. The number of hydrogen-bond donors (Lipinski definition) is 3. The number of nitrogens with one attached hydrogen (secondary N) is 2. The van der Waals surface area contributed by atoms with Gasteiger partial charge in [-0.05, 0) is 38.0 Å². The van der Waals surface area contributed by atoms with Crippen molar-refractivity contribution in [3.63, 3.8) is 0 Å². The molecule has 144 valence electrons. The lowest BCUT2D eigenvalue weighted by molar-refractivity contribution is -0.118. The van der Waals surface area contributed by atoms with Crippen LogP contribution in [0.4, 0.5) is 0 Å². The number of carbonyl (C=O) groups excluding carboxylic acids is 2. The molecule has 8 nitrogen and oxygen atoms in total. The number of hydrazine groups is 1. The Morgan fingerprint density at radius 2 is 2.15 bits per heavy atom. The van der Waals surface area contributed by atoms with E-state index in [9.17, 15) is 9.59 Å². The Bertz CT molecular complexity index is 854. The van der Waals surface area contributed by atoms with Crippen molar-refractivity contribution < 1.29 is 9.59 Å². The van der Waals surface area contributed by atoms with Gasteiger partial charge in [0.1, 0.15) is 6.54 Å². The molecule has 4 N–H and O–H groups in total. The van der Waals surface area contributed by atoms with Crippen LogP contribution in [0.25, 0.3) is 11.1 Å². The van der Waals surface area contributed by atoms with Gasteiger partial charge in [0, 0.05) is 43.0 Å². The van der Waals surface area contributed by atoms with E-state index >= 15 is 0 Å². The minimum Gasteiger partial charge on any atom is -0.368 e. The number of aromatic nitrogens is 2. The number of primary amides is 1. The highest BCUT2D eigenvalue weighted by atomic mass is 16.2. The van der Waals surface area contributed by atoms with E-state index in [1.165, 1.54) is 0 Å². The van der Waals surface area contributed by atoms with Crippen LogP contribution in [0.2, 0.25) is 0 Å². The predicted octanol–water partition coefficient (Wildman–Crippen LogP) is 0.591. The van der Waals surface area contributed by atoms with Gasteiger partial charge in [-0.3, -0.25) is 25.1 Å². The lowest BCUT2D eigenvalue weighted by Crippen LogP contribution is -2.41. The zero-order valence-corrected chi connectivity index (χ0v) is 16.0. The first kappa shape index (κ1) is 19.1. The molecule has 1 aliphatic heterocycles. The van der Waals surface area contributed by atoms with Crippen LogP contribution < -0.4 is 16.6 Å². The molecule has 0 radical (unpaired) electrons. The minimum absolute atomic E-state index is 0.0228. The van der Waals surface area contributed by atoms with Crippen LogP contribution in [-0.4, -0.2) is 52.7 Å². The number of nitrogens with two attached hydrogens (primary N) is 1. The van der Waals surface area contributed by atoms with E-state index < -0.39 is 5.91 Å². The van der Waals surface area contributed by atoms with Crippen molar-refractivity contribution in [2.45, 2.75) is 32.9 Å². The van der Waals surface area contributed by atoms with Crippen molar-refractivity contribution in [2.75, 3.05) is 20.1 Å². The molecule has 1 aromatic carbocycles. The van der Waals surface area contributed by atoms with E-state index in [-0.39, 0.29) is 18.5 Å². The maximum atomic E-state index is 12.8. The highest BCUT2D eigenvalue weighted by molar-refractivity contribution is 5.95. The Kier molecular flexibility index (Phi) is 5.57. The molecule has 1 aromatic heterocycles. The summed E-state index contributed by atoms with van der Waals surface area (Å²) in [6.07, 6.45) is 0.995. The summed E-state index contributed by atoms with van der Waals surface area (Å²) >= 11 is 0. The molecule has 1 fully saturated rings. The third-order valence-corrected chi connectivity index (χ3v) is 4.85. The van der Waals surface area contributed by atoms with Gasteiger partial charge in [-0.1, -0.05) is 12.1 Å². The van der Waals surface area contributed by atoms with Crippen LogP contribution >= 0.6 is 0 Å². The number of nitrogens with zero attached hydrogens (tertiary/aromatic N) is 3. The maximum Gasteiger partial charge on any atom is 0.253 e. The van der Waals surface area contributed by atoms with Gasteiger partial charge in [-0.2, -0.15) is 5.10 Å².